The number of pyridine rings is 1. The van der Waals surface area contributed by atoms with Gasteiger partial charge >= 0.3 is 0 Å². The van der Waals surface area contributed by atoms with Gasteiger partial charge in [0.05, 0.1) is 7.11 Å². The maximum absolute atomic E-state index is 9.77. The molecule has 1 aromatic heterocycles. The van der Waals surface area contributed by atoms with E-state index < -0.39 is 0 Å². The van der Waals surface area contributed by atoms with Crippen LogP contribution in [0, 0.1) is 11.3 Å². The van der Waals surface area contributed by atoms with E-state index in [0.717, 1.165) is 47.4 Å². The van der Waals surface area contributed by atoms with Gasteiger partial charge in [-0.05, 0) is 54.0 Å². The number of nitrogens with two attached hydrogens (primary N) is 1. The van der Waals surface area contributed by atoms with E-state index in [-0.39, 0.29) is 0 Å². The Kier molecular flexibility index (Phi) is 4.52. The quantitative estimate of drug-likeness (QED) is 0.752. The summed E-state index contributed by atoms with van der Waals surface area (Å²) in [6.45, 7) is 0. The third-order valence-corrected chi connectivity index (χ3v) is 5.33. The molecule has 1 unspecified atom stereocenters. The SMILES string of the molecule is COc1cccc(-c2c(C#N)c(N)nc3c2CC(c2ccccc2)CC3)c1. The second-order valence-corrected chi connectivity index (χ2v) is 6.87. The first-order valence-electron chi connectivity index (χ1n) is 9.12. The van der Waals surface area contributed by atoms with Crippen molar-refractivity contribution >= 4 is 5.82 Å². The average Bonchev–Trinajstić information content (AvgIpc) is 2.73. The van der Waals surface area contributed by atoms with Crippen LogP contribution in [0.4, 0.5) is 5.82 Å². The highest BCUT2D eigenvalue weighted by molar-refractivity contribution is 5.80. The van der Waals surface area contributed by atoms with Gasteiger partial charge in [0.2, 0.25) is 0 Å². The number of hydrogen-bond acceptors (Lipinski definition) is 4. The monoisotopic (exact) mass is 355 g/mol. The van der Waals surface area contributed by atoms with Crippen molar-refractivity contribution in [2.45, 2.75) is 25.2 Å². The van der Waals surface area contributed by atoms with Crippen molar-refractivity contribution < 1.29 is 4.74 Å². The lowest BCUT2D eigenvalue weighted by Gasteiger charge is -2.27. The van der Waals surface area contributed by atoms with Crippen LogP contribution in [0.2, 0.25) is 0 Å². The number of aryl methyl sites for hydroxylation is 1. The first-order chi connectivity index (χ1) is 13.2. The highest BCUT2D eigenvalue weighted by atomic mass is 16.5. The molecule has 0 amide bonds. The Balaban J connectivity index is 1.88. The van der Waals surface area contributed by atoms with Gasteiger partial charge in [-0.15, -0.1) is 0 Å². The van der Waals surface area contributed by atoms with E-state index in [2.05, 4.69) is 35.3 Å². The lowest BCUT2D eigenvalue weighted by Crippen LogP contribution is -2.17. The highest BCUT2D eigenvalue weighted by Crippen LogP contribution is 2.40. The summed E-state index contributed by atoms with van der Waals surface area (Å²) in [6.07, 6.45) is 2.75. The fraction of sp³-hybridized carbons (Fsp3) is 0.217. The number of nitrogens with zero attached hydrogens (tertiary/aromatic N) is 2. The predicted octanol–water partition coefficient (Wildman–Crippen LogP) is 4.48. The molecule has 0 aliphatic heterocycles. The molecule has 0 spiro atoms. The van der Waals surface area contributed by atoms with E-state index in [1.807, 2.05) is 30.3 Å². The molecule has 3 aromatic rings. The van der Waals surface area contributed by atoms with Gasteiger partial charge in [0, 0.05) is 11.3 Å². The molecule has 1 heterocycles. The molecule has 0 fully saturated rings. The number of aromatic nitrogens is 1. The van der Waals surface area contributed by atoms with E-state index in [0.29, 0.717) is 17.3 Å². The van der Waals surface area contributed by atoms with Crippen LogP contribution in [0.1, 0.15) is 34.7 Å². The molecule has 2 aromatic carbocycles. The standard InChI is InChI=1S/C23H21N3O/c1-27-18-9-5-8-17(12-18)22-19-13-16(15-6-3-2-4-7-15)10-11-21(19)26-23(25)20(22)14-24/h2-9,12,16H,10-11,13H2,1H3,(H2,25,26). The van der Waals surface area contributed by atoms with Gasteiger partial charge in [0.25, 0.3) is 0 Å². The minimum Gasteiger partial charge on any atom is -0.497 e. The number of benzene rings is 2. The zero-order valence-corrected chi connectivity index (χ0v) is 15.3. The second kappa shape index (κ2) is 7.13. The minimum absolute atomic E-state index is 0.312. The topological polar surface area (TPSA) is 71.9 Å². The van der Waals surface area contributed by atoms with Crippen molar-refractivity contribution in [1.82, 2.24) is 4.98 Å². The second-order valence-electron chi connectivity index (χ2n) is 6.87. The van der Waals surface area contributed by atoms with E-state index in [1.54, 1.807) is 7.11 Å². The maximum Gasteiger partial charge on any atom is 0.142 e. The van der Waals surface area contributed by atoms with Crippen molar-refractivity contribution in [1.29, 1.82) is 5.26 Å². The molecule has 1 atom stereocenters. The Bertz CT molecular complexity index is 1020. The van der Waals surface area contributed by atoms with E-state index in [9.17, 15) is 5.26 Å². The Morgan fingerprint density at radius 3 is 2.70 bits per heavy atom. The summed E-state index contributed by atoms with van der Waals surface area (Å²) in [5, 5.41) is 9.77. The molecular weight excluding hydrogens is 334 g/mol. The Labute approximate surface area is 159 Å². The number of ether oxygens (including phenoxy) is 1. The van der Waals surface area contributed by atoms with Crippen molar-refractivity contribution in [2.75, 3.05) is 12.8 Å². The number of nitrogen functional groups attached to an aromatic ring is 1. The Hall–Kier alpha value is -3.32. The summed E-state index contributed by atoms with van der Waals surface area (Å²) < 4.78 is 5.38. The zero-order valence-electron chi connectivity index (χ0n) is 15.3. The van der Waals surface area contributed by atoms with Crippen molar-refractivity contribution in [3.63, 3.8) is 0 Å². The van der Waals surface area contributed by atoms with Crippen molar-refractivity contribution in [3.8, 4) is 22.9 Å². The van der Waals surface area contributed by atoms with Gasteiger partial charge in [0.15, 0.2) is 0 Å². The molecule has 0 saturated heterocycles. The predicted molar refractivity (Wildman–Crippen MR) is 107 cm³/mol. The lowest BCUT2D eigenvalue weighted by atomic mass is 9.78. The molecule has 1 aliphatic rings. The highest BCUT2D eigenvalue weighted by Gasteiger charge is 2.27. The van der Waals surface area contributed by atoms with Crippen LogP contribution in [0.5, 0.6) is 5.75 Å². The molecule has 4 heteroatoms. The normalized spacial score (nSPS) is 15.6. The third kappa shape index (κ3) is 3.13. The number of nitriles is 1. The molecule has 2 N–H and O–H groups in total. The lowest BCUT2D eigenvalue weighted by molar-refractivity contribution is 0.415. The van der Waals surface area contributed by atoms with Gasteiger partial charge in [-0.1, -0.05) is 42.5 Å². The van der Waals surface area contributed by atoms with Gasteiger partial charge in [0.1, 0.15) is 23.2 Å². The summed E-state index contributed by atoms with van der Waals surface area (Å²) in [7, 11) is 1.64. The maximum atomic E-state index is 9.77. The summed E-state index contributed by atoms with van der Waals surface area (Å²) in [4.78, 5) is 4.57. The number of methoxy groups -OCH3 is 1. The van der Waals surface area contributed by atoms with Gasteiger partial charge in [-0.2, -0.15) is 5.26 Å². The fourth-order valence-electron chi connectivity index (χ4n) is 4.00. The first kappa shape index (κ1) is 17.1. The molecule has 4 rings (SSSR count). The van der Waals surface area contributed by atoms with Crippen LogP contribution >= 0.6 is 0 Å². The number of hydrogen-bond donors (Lipinski definition) is 1. The van der Waals surface area contributed by atoms with E-state index in [1.165, 1.54) is 5.56 Å². The first-order valence-corrected chi connectivity index (χ1v) is 9.12. The molecule has 0 radical (unpaired) electrons. The Morgan fingerprint density at radius 1 is 1.15 bits per heavy atom. The number of anilines is 1. The van der Waals surface area contributed by atoms with E-state index >= 15 is 0 Å². The molecule has 4 nitrogen and oxygen atoms in total. The zero-order chi connectivity index (χ0) is 18.8. The van der Waals surface area contributed by atoms with Crippen molar-refractivity contribution in [3.05, 3.63) is 77.0 Å². The molecule has 27 heavy (non-hydrogen) atoms. The van der Waals surface area contributed by atoms with Crippen LogP contribution in [-0.2, 0) is 12.8 Å². The molecule has 0 saturated carbocycles. The van der Waals surface area contributed by atoms with E-state index in [4.69, 9.17) is 10.5 Å². The minimum atomic E-state index is 0.312. The van der Waals surface area contributed by atoms with Gasteiger partial charge in [-0.25, -0.2) is 4.98 Å². The molecular formula is C23H21N3O. The van der Waals surface area contributed by atoms with Crippen LogP contribution < -0.4 is 10.5 Å². The fourth-order valence-corrected chi connectivity index (χ4v) is 4.00. The Morgan fingerprint density at radius 2 is 1.96 bits per heavy atom. The third-order valence-electron chi connectivity index (χ3n) is 5.33. The largest absolute Gasteiger partial charge is 0.497 e. The molecule has 134 valence electrons. The van der Waals surface area contributed by atoms with Crippen LogP contribution in [0.3, 0.4) is 0 Å². The average molecular weight is 355 g/mol. The molecule has 1 aliphatic carbocycles. The van der Waals surface area contributed by atoms with Crippen LogP contribution in [0.25, 0.3) is 11.1 Å². The van der Waals surface area contributed by atoms with Gasteiger partial charge < -0.3 is 10.5 Å². The van der Waals surface area contributed by atoms with Crippen LogP contribution in [0.15, 0.2) is 54.6 Å². The van der Waals surface area contributed by atoms with Gasteiger partial charge in [-0.3, -0.25) is 0 Å². The van der Waals surface area contributed by atoms with Crippen molar-refractivity contribution in [2.24, 2.45) is 0 Å². The molecule has 0 bridgehead atoms. The number of rotatable bonds is 3. The summed E-state index contributed by atoms with van der Waals surface area (Å²) >= 11 is 0. The van der Waals surface area contributed by atoms with Crippen LogP contribution in [-0.4, -0.2) is 12.1 Å². The summed E-state index contributed by atoms with van der Waals surface area (Å²) in [5.74, 6) is 1.49. The summed E-state index contributed by atoms with van der Waals surface area (Å²) in [6, 6.07) is 20.6. The number of fused-ring (bicyclic) bond motifs is 1. The summed E-state index contributed by atoms with van der Waals surface area (Å²) in [5.41, 5.74) is 11.9. The smallest absolute Gasteiger partial charge is 0.142 e.